The van der Waals surface area contributed by atoms with E-state index in [1.807, 2.05) is 24.3 Å². The number of benzene rings is 2. The van der Waals surface area contributed by atoms with Crippen LogP contribution in [-0.4, -0.2) is 11.7 Å². The van der Waals surface area contributed by atoms with E-state index in [9.17, 15) is 0 Å². The van der Waals surface area contributed by atoms with Crippen LogP contribution in [0.25, 0.3) is 16.9 Å². The highest BCUT2D eigenvalue weighted by atomic mass is 35.5. The zero-order valence-electron chi connectivity index (χ0n) is 14.6. The van der Waals surface area contributed by atoms with Gasteiger partial charge in [0, 0.05) is 17.0 Å². The summed E-state index contributed by atoms with van der Waals surface area (Å²) < 4.78 is 10.2. The first kappa shape index (κ1) is 16.2. The third kappa shape index (κ3) is 2.73. The van der Waals surface area contributed by atoms with Gasteiger partial charge in [0.25, 0.3) is 5.82 Å². The molecule has 1 aromatic heterocycles. The molecule has 0 N–H and O–H groups in total. The van der Waals surface area contributed by atoms with E-state index < -0.39 is 0 Å². The smallest absolute Gasteiger partial charge is 0.262 e. The first-order valence-electron chi connectivity index (χ1n) is 8.79. The molecule has 1 aliphatic heterocycles. The van der Waals surface area contributed by atoms with Gasteiger partial charge in [0.05, 0.1) is 20.1 Å². The summed E-state index contributed by atoms with van der Waals surface area (Å²) in [5.41, 5.74) is 5.06. The normalized spacial score (nSPS) is 13.1. The zero-order valence-corrected chi connectivity index (χ0v) is 15.4. The predicted molar refractivity (Wildman–Crippen MR) is 101 cm³/mol. The van der Waals surface area contributed by atoms with Crippen molar-refractivity contribution in [3.8, 4) is 22.7 Å². The van der Waals surface area contributed by atoms with Crippen molar-refractivity contribution >= 4 is 11.6 Å². The molecule has 4 heteroatoms. The standard InChI is InChI=1S/C21H22ClN2O/c1-3-19-21(15-6-8-16(22)9-7-15)24(20-5-4-14-23(19)20)17-10-12-18(25-2)13-11-17/h6-13H,3-5,14H2,1-2H3/q+1. The monoisotopic (exact) mass is 353 g/mol. The Labute approximate surface area is 153 Å². The summed E-state index contributed by atoms with van der Waals surface area (Å²) in [5.74, 6) is 2.26. The minimum absolute atomic E-state index is 0.768. The van der Waals surface area contributed by atoms with Crippen LogP contribution in [0.5, 0.6) is 5.75 Å². The number of methoxy groups -OCH3 is 1. The highest BCUT2D eigenvalue weighted by molar-refractivity contribution is 6.30. The van der Waals surface area contributed by atoms with Crippen molar-refractivity contribution in [2.75, 3.05) is 7.11 Å². The molecule has 128 valence electrons. The van der Waals surface area contributed by atoms with E-state index in [-0.39, 0.29) is 0 Å². The number of ether oxygens (including phenoxy) is 1. The largest absolute Gasteiger partial charge is 0.497 e. The first-order valence-corrected chi connectivity index (χ1v) is 9.17. The molecule has 0 atom stereocenters. The second kappa shape index (κ2) is 6.57. The summed E-state index contributed by atoms with van der Waals surface area (Å²) >= 11 is 6.11. The average molecular weight is 354 g/mol. The van der Waals surface area contributed by atoms with Crippen LogP contribution in [0.15, 0.2) is 48.5 Å². The quantitative estimate of drug-likeness (QED) is 0.627. The van der Waals surface area contributed by atoms with E-state index >= 15 is 0 Å². The fraction of sp³-hybridized carbons (Fsp3) is 0.286. The van der Waals surface area contributed by atoms with E-state index in [1.54, 1.807) is 7.11 Å². The summed E-state index contributed by atoms with van der Waals surface area (Å²) in [7, 11) is 1.70. The molecule has 0 unspecified atom stereocenters. The van der Waals surface area contributed by atoms with E-state index in [0.29, 0.717) is 0 Å². The minimum Gasteiger partial charge on any atom is -0.497 e. The van der Waals surface area contributed by atoms with Crippen LogP contribution in [0.4, 0.5) is 0 Å². The molecule has 0 saturated heterocycles. The van der Waals surface area contributed by atoms with Gasteiger partial charge in [0.15, 0.2) is 11.4 Å². The molecule has 3 aromatic rings. The number of halogens is 1. The van der Waals surface area contributed by atoms with Crippen LogP contribution in [-0.2, 0) is 19.4 Å². The van der Waals surface area contributed by atoms with E-state index in [0.717, 1.165) is 30.2 Å². The van der Waals surface area contributed by atoms with Crippen molar-refractivity contribution < 1.29 is 9.30 Å². The van der Waals surface area contributed by atoms with Gasteiger partial charge in [-0.25, -0.2) is 4.57 Å². The molecule has 0 spiro atoms. The fourth-order valence-electron chi connectivity index (χ4n) is 3.84. The molecule has 0 saturated carbocycles. The Bertz CT molecular complexity index is 895. The zero-order chi connectivity index (χ0) is 17.4. The summed E-state index contributed by atoms with van der Waals surface area (Å²) in [6.07, 6.45) is 3.32. The van der Waals surface area contributed by atoms with Crippen LogP contribution >= 0.6 is 11.6 Å². The molecule has 0 radical (unpaired) electrons. The van der Waals surface area contributed by atoms with Crippen LogP contribution in [0.2, 0.25) is 5.02 Å². The molecule has 2 aromatic carbocycles. The van der Waals surface area contributed by atoms with Crippen molar-refractivity contribution in [3.63, 3.8) is 0 Å². The van der Waals surface area contributed by atoms with Crippen LogP contribution in [0.1, 0.15) is 24.9 Å². The Morgan fingerprint density at radius 3 is 2.44 bits per heavy atom. The van der Waals surface area contributed by atoms with Crippen molar-refractivity contribution in [2.45, 2.75) is 32.7 Å². The highest BCUT2D eigenvalue weighted by Crippen LogP contribution is 2.32. The van der Waals surface area contributed by atoms with Crippen molar-refractivity contribution in [2.24, 2.45) is 0 Å². The Hall–Kier alpha value is -2.26. The van der Waals surface area contributed by atoms with Gasteiger partial charge in [-0.1, -0.05) is 18.5 Å². The maximum atomic E-state index is 6.11. The molecule has 0 amide bonds. The molecule has 4 rings (SSSR count). The predicted octanol–water partition coefficient (Wildman–Crippen LogP) is 4.60. The lowest BCUT2D eigenvalue weighted by molar-refractivity contribution is -0.696. The Kier molecular flexibility index (Phi) is 4.26. The Morgan fingerprint density at radius 1 is 1.08 bits per heavy atom. The topological polar surface area (TPSA) is 18.0 Å². The van der Waals surface area contributed by atoms with Crippen LogP contribution < -0.4 is 9.30 Å². The maximum absolute atomic E-state index is 6.11. The molecule has 0 fully saturated rings. The minimum atomic E-state index is 0.768. The number of nitrogens with zero attached hydrogens (tertiary/aromatic N) is 2. The summed E-state index contributed by atoms with van der Waals surface area (Å²) in [6, 6.07) is 16.5. The van der Waals surface area contributed by atoms with Gasteiger partial charge in [-0.05, 0) is 55.0 Å². The van der Waals surface area contributed by atoms with E-state index in [2.05, 4.69) is 40.3 Å². The third-order valence-corrected chi connectivity index (χ3v) is 5.21. The van der Waals surface area contributed by atoms with E-state index in [1.165, 1.54) is 34.9 Å². The number of rotatable bonds is 4. The van der Waals surface area contributed by atoms with Crippen molar-refractivity contribution in [1.29, 1.82) is 0 Å². The molecular weight excluding hydrogens is 332 g/mol. The number of hydrogen-bond donors (Lipinski definition) is 0. The number of aromatic nitrogens is 2. The molecule has 0 bridgehead atoms. The lowest BCUT2D eigenvalue weighted by atomic mass is 10.1. The summed E-state index contributed by atoms with van der Waals surface area (Å²) in [5, 5.41) is 0.768. The molecule has 25 heavy (non-hydrogen) atoms. The molecule has 2 heterocycles. The van der Waals surface area contributed by atoms with Gasteiger partial charge in [0.2, 0.25) is 0 Å². The number of imidazole rings is 1. The van der Waals surface area contributed by atoms with Gasteiger partial charge in [-0.15, -0.1) is 0 Å². The van der Waals surface area contributed by atoms with Crippen LogP contribution in [0, 0.1) is 0 Å². The lowest BCUT2D eigenvalue weighted by Gasteiger charge is -2.07. The molecule has 0 aliphatic carbocycles. The molecule has 1 aliphatic rings. The SMILES string of the molecule is CCc1c(-c2ccc(Cl)cc2)n(-c2ccc(OC)cc2)c2[n+]1CCC2. The fourth-order valence-corrected chi connectivity index (χ4v) is 3.97. The van der Waals surface area contributed by atoms with Gasteiger partial charge in [-0.2, -0.15) is 4.57 Å². The van der Waals surface area contributed by atoms with Gasteiger partial charge in [-0.3, -0.25) is 0 Å². The Balaban J connectivity index is 1.96. The average Bonchev–Trinajstić information content (AvgIpc) is 3.22. The molecule has 3 nitrogen and oxygen atoms in total. The number of hydrogen-bond acceptors (Lipinski definition) is 1. The van der Waals surface area contributed by atoms with Gasteiger partial charge >= 0.3 is 0 Å². The van der Waals surface area contributed by atoms with Gasteiger partial charge < -0.3 is 4.74 Å². The van der Waals surface area contributed by atoms with Crippen LogP contribution in [0.3, 0.4) is 0 Å². The van der Waals surface area contributed by atoms with Crippen molar-refractivity contribution in [1.82, 2.24) is 4.57 Å². The lowest BCUT2D eigenvalue weighted by Crippen LogP contribution is -2.35. The maximum Gasteiger partial charge on any atom is 0.262 e. The summed E-state index contributed by atoms with van der Waals surface area (Å²) in [6.45, 7) is 3.33. The van der Waals surface area contributed by atoms with Gasteiger partial charge in [0.1, 0.15) is 11.4 Å². The van der Waals surface area contributed by atoms with E-state index in [4.69, 9.17) is 16.3 Å². The van der Waals surface area contributed by atoms with Crippen molar-refractivity contribution in [3.05, 3.63) is 65.1 Å². The third-order valence-electron chi connectivity index (χ3n) is 4.96. The molecular formula is C21H22ClN2O+. The second-order valence-electron chi connectivity index (χ2n) is 6.36. The highest BCUT2D eigenvalue weighted by Gasteiger charge is 2.34. The Morgan fingerprint density at radius 2 is 1.80 bits per heavy atom. The second-order valence-corrected chi connectivity index (χ2v) is 6.80. The summed E-state index contributed by atoms with van der Waals surface area (Å²) in [4.78, 5) is 0. The number of fused-ring (bicyclic) bond motifs is 1. The first-order chi connectivity index (χ1) is 12.2.